The Morgan fingerprint density at radius 3 is 2.68 bits per heavy atom. The van der Waals surface area contributed by atoms with E-state index in [4.69, 9.17) is 4.74 Å². The van der Waals surface area contributed by atoms with E-state index >= 15 is 0 Å². The first-order chi connectivity index (χ1) is 8.99. The van der Waals surface area contributed by atoms with E-state index < -0.39 is 12.1 Å². The first-order valence-electron chi connectivity index (χ1n) is 6.28. The second kappa shape index (κ2) is 5.40. The lowest BCUT2D eigenvalue weighted by Gasteiger charge is -2.14. The molecule has 0 saturated carbocycles. The average molecular weight is 263 g/mol. The highest BCUT2D eigenvalue weighted by molar-refractivity contribution is 6.02. The molecule has 0 aromatic heterocycles. The van der Waals surface area contributed by atoms with E-state index in [0.29, 0.717) is 17.7 Å². The van der Waals surface area contributed by atoms with Gasteiger partial charge >= 0.3 is 5.97 Å². The van der Waals surface area contributed by atoms with Gasteiger partial charge in [-0.3, -0.25) is 4.79 Å². The molecule has 1 aromatic carbocycles. The van der Waals surface area contributed by atoms with Gasteiger partial charge in [-0.25, -0.2) is 4.79 Å². The number of anilines is 1. The van der Waals surface area contributed by atoms with Crippen molar-refractivity contribution in [1.82, 2.24) is 0 Å². The molecule has 0 spiro atoms. The van der Waals surface area contributed by atoms with Crippen molar-refractivity contribution < 1.29 is 19.4 Å². The maximum atomic E-state index is 12.0. The van der Waals surface area contributed by atoms with E-state index in [-0.39, 0.29) is 17.6 Å². The molecule has 102 valence electrons. The number of nitrogens with one attached hydrogen (secondary N) is 1. The van der Waals surface area contributed by atoms with Gasteiger partial charge in [0, 0.05) is 0 Å². The molecule has 0 aliphatic carbocycles. The highest BCUT2D eigenvalue weighted by Gasteiger charge is 2.29. The van der Waals surface area contributed by atoms with Gasteiger partial charge in [-0.15, -0.1) is 0 Å². The molecule has 1 aliphatic heterocycles. The maximum Gasteiger partial charge on any atom is 0.338 e. The lowest BCUT2D eigenvalue weighted by molar-refractivity contribution is -0.126. The molecular weight excluding hydrogens is 246 g/mol. The Labute approximate surface area is 111 Å². The van der Waals surface area contributed by atoms with Gasteiger partial charge in [-0.05, 0) is 38.3 Å². The molecule has 5 nitrogen and oxygen atoms in total. The van der Waals surface area contributed by atoms with E-state index in [9.17, 15) is 14.7 Å². The predicted octanol–water partition coefficient (Wildman–Crippen LogP) is 2.20. The monoisotopic (exact) mass is 263 g/mol. The Morgan fingerprint density at radius 2 is 2.11 bits per heavy atom. The van der Waals surface area contributed by atoms with E-state index in [1.807, 2.05) is 6.92 Å². The second-order valence-corrected chi connectivity index (χ2v) is 4.80. The summed E-state index contributed by atoms with van der Waals surface area (Å²) in [4.78, 5) is 23.2. The van der Waals surface area contributed by atoms with Gasteiger partial charge in [0.15, 0.2) is 0 Å². The molecule has 1 aromatic rings. The number of carbonyl (C=O) groups excluding carboxylic acids is 1. The number of rotatable bonds is 3. The Morgan fingerprint density at radius 1 is 1.37 bits per heavy atom. The van der Waals surface area contributed by atoms with Crippen molar-refractivity contribution in [2.24, 2.45) is 0 Å². The van der Waals surface area contributed by atoms with Gasteiger partial charge < -0.3 is 15.2 Å². The van der Waals surface area contributed by atoms with Gasteiger partial charge in [0.2, 0.25) is 0 Å². The first-order valence-corrected chi connectivity index (χ1v) is 6.28. The van der Waals surface area contributed by atoms with Crippen molar-refractivity contribution >= 4 is 17.6 Å². The number of aromatic carboxylic acids is 1. The van der Waals surface area contributed by atoms with Gasteiger partial charge in [0.05, 0.1) is 17.4 Å². The van der Waals surface area contributed by atoms with Crippen LogP contribution in [-0.4, -0.2) is 29.2 Å². The molecule has 0 bridgehead atoms. The smallest absolute Gasteiger partial charge is 0.338 e. The summed E-state index contributed by atoms with van der Waals surface area (Å²) in [6, 6.07) is 5.01. The van der Waals surface area contributed by atoms with Crippen LogP contribution < -0.4 is 5.32 Å². The van der Waals surface area contributed by atoms with E-state index in [0.717, 1.165) is 6.42 Å². The third kappa shape index (κ3) is 2.93. The fourth-order valence-corrected chi connectivity index (χ4v) is 2.26. The van der Waals surface area contributed by atoms with Crippen molar-refractivity contribution in [3.05, 3.63) is 29.3 Å². The van der Waals surface area contributed by atoms with Crippen LogP contribution in [0.5, 0.6) is 0 Å². The topological polar surface area (TPSA) is 75.6 Å². The lowest BCUT2D eigenvalue weighted by Crippen LogP contribution is -2.28. The number of ether oxygens (including phenoxy) is 1. The molecule has 0 radical (unpaired) electrons. The molecule has 1 amide bonds. The van der Waals surface area contributed by atoms with Gasteiger partial charge in [0.1, 0.15) is 6.10 Å². The molecule has 2 rings (SSSR count). The van der Waals surface area contributed by atoms with Crippen molar-refractivity contribution in [1.29, 1.82) is 0 Å². The zero-order chi connectivity index (χ0) is 14.0. The summed E-state index contributed by atoms with van der Waals surface area (Å²) in [6.45, 7) is 3.62. The van der Waals surface area contributed by atoms with Crippen molar-refractivity contribution in [3.8, 4) is 0 Å². The zero-order valence-corrected chi connectivity index (χ0v) is 11.0. The molecule has 2 unspecified atom stereocenters. The Hall–Kier alpha value is -1.88. The molecule has 1 fully saturated rings. The summed E-state index contributed by atoms with van der Waals surface area (Å²) in [6.07, 6.45) is 1.10. The third-order valence-electron chi connectivity index (χ3n) is 3.27. The zero-order valence-electron chi connectivity index (χ0n) is 11.0. The fourth-order valence-electron chi connectivity index (χ4n) is 2.26. The molecule has 1 aliphatic rings. The molecular formula is C14H17NO4. The van der Waals surface area contributed by atoms with Crippen LogP contribution in [0, 0.1) is 6.92 Å². The molecule has 2 N–H and O–H groups in total. The number of carboxylic acid groups (broad SMARTS) is 1. The van der Waals surface area contributed by atoms with Crippen LogP contribution in [0.3, 0.4) is 0 Å². The molecule has 1 saturated heterocycles. The minimum atomic E-state index is -1.05. The first kappa shape index (κ1) is 13.5. The number of benzene rings is 1. The number of amides is 1. The van der Waals surface area contributed by atoms with Crippen molar-refractivity contribution in [3.63, 3.8) is 0 Å². The Bertz CT molecular complexity index is 512. The van der Waals surface area contributed by atoms with E-state index in [1.165, 1.54) is 0 Å². The lowest BCUT2D eigenvalue weighted by atomic mass is 10.1. The number of aryl methyl sites for hydroxylation is 1. The molecule has 5 heteroatoms. The summed E-state index contributed by atoms with van der Waals surface area (Å²) in [5.74, 6) is -1.33. The summed E-state index contributed by atoms with van der Waals surface area (Å²) in [5.41, 5.74) is 1.06. The van der Waals surface area contributed by atoms with Crippen LogP contribution >= 0.6 is 0 Å². The van der Waals surface area contributed by atoms with Crippen molar-refractivity contribution in [2.75, 3.05) is 5.32 Å². The summed E-state index contributed by atoms with van der Waals surface area (Å²) < 4.78 is 5.47. The van der Waals surface area contributed by atoms with Crippen LogP contribution in [0.4, 0.5) is 5.69 Å². The second-order valence-electron chi connectivity index (χ2n) is 4.80. The standard InChI is InChI=1S/C14H17NO4/c1-8-4-3-5-10(12(8)14(17)18)15-13(16)11-7-6-9(2)19-11/h3-5,9,11H,6-7H2,1-2H3,(H,15,16)(H,17,18). The average Bonchev–Trinajstić information content (AvgIpc) is 2.75. The van der Waals surface area contributed by atoms with Gasteiger partial charge in [-0.2, -0.15) is 0 Å². The summed E-state index contributed by atoms with van der Waals surface area (Å²) >= 11 is 0. The molecule has 19 heavy (non-hydrogen) atoms. The number of hydrogen-bond acceptors (Lipinski definition) is 3. The minimum Gasteiger partial charge on any atom is -0.478 e. The summed E-state index contributed by atoms with van der Waals surface area (Å²) in [5, 5.41) is 11.8. The third-order valence-corrected chi connectivity index (χ3v) is 3.27. The van der Waals surface area contributed by atoms with Gasteiger partial charge in [-0.1, -0.05) is 12.1 Å². The number of hydrogen-bond donors (Lipinski definition) is 2. The van der Waals surface area contributed by atoms with Crippen molar-refractivity contribution in [2.45, 2.75) is 38.9 Å². The normalized spacial score (nSPS) is 22.2. The van der Waals surface area contributed by atoms with E-state index in [1.54, 1.807) is 25.1 Å². The SMILES string of the molecule is Cc1cccc(NC(=O)C2CCC(C)O2)c1C(=O)O. The highest BCUT2D eigenvalue weighted by atomic mass is 16.5. The highest BCUT2D eigenvalue weighted by Crippen LogP contribution is 2.23. The fraction of sp³-hybridized carbons (Fsp3) is 0.429. The number of carboxylic acids is 1. The largest absolute Gasteiger partial charge is 0.478 e. The van der Waals surface area contributed by atoms with Gasteiger partial charge in [0.25, 0.3) is 5.91 Å². The maximum absolute atomic E-state index is 12.0. The molecule has 1 heterocycles. The van der Waals surface area contributed by atoms with Crippen LogP contribution in [0.15, 0.2) is 18.2 Å². The van der Waals surface area contributed by atoms with E-state index in [2.05, 4.69) is 5.32 Å². The van der Waals surface area contributed by atoms with Crippen LogP contribution in [0.25, 0.3) is 0 Å². The molecule has 2 atom stereocenters. The summed E-state index contributed by atoms with van der Waals surface area (Å²) in [7, 11) is 0. The quantitative estimate of drug-likeness (QED) is 0.876. The Balaban J connectivity index is 2.17. The number of carbonyl (C=O) groups is 2. The van der Waals surface area contributed by atoms with Crippen LogP contribution in [0.1, 0.15) is 35.7 Å². The minimum absolute atomic E-state index is 0.0761. The Kier molecular flexibility index (Phi) is 3.85. The van der Waals surface area contributed by atoms with Crippen LogP contribution in [-0.2, 0) is 9.53 Å². The predicted molar refractivity (Wildman–Crippen MR) is 70.3 cm³/mol. The van der Waals surface area contributed by atoms with Crippen LogP contribution in [0.2, 0.25) is 0 Å².